The Labute approximate surface area is 155 Å². The quantitative estimate of drug-likeness (QED) is 0.873. The first kappa shape index (κ1) is 17.9. The van der Waals surface area contributed by atoms with Crippen molar-refractivity contribution in [3.05, 3.63) is 52.5 Å². The van der Waals surface area contributed by atoms with Gasteiger partial charge in [-0.3, -0.25) is 9.59 Å². The van der Waals surface area contributed by atoms with E-state index in [1.807, 2.05) is 49.6 Å². The minimum atomic E-state index is -0.491. The number of hydrogen-bond acceptors (Lipinski definition) is 5. The molecule has 1 aliphatic rings. The molecule has 1 aromatic carbocycles. The van der Waals surface area contributed by atoms with Crippen LogP contribution in [0.4, 0.5) is 0 Å². The average Bonchev–Trinajstić information content (AvgIpc) is 3.10. The molecule has 1 saturated heterocycles. The Kier molecular flexibility index (Phi) is 5.44. The number of carbonyl (C=O) groups is 2. The van der Waals surface area contributed by atoms with E-state index in [9.17, 15) is 9.59 Å². The van der Waals surface area contributed by atoms with Gasteiger partial charge in [0, 0.05) is 23.9 Å². The molecule has 2 amide bonds. The summed E-state index contributed by atoms with van der Waals surface area (Å²) in [5, 5.41) is 5.68. The van der Waals surface area contributed by atoms with Crippen LogP contribution in [0.5, 0.6) is 0 Å². The predicted octanol–water partition coefficient (Wildman–Crippen LogP) is 2.68. The molecule has 7 heteroatoms. The minimum Gasteiger partial charge on any atom is -0.342 e. The fourth-order valence-corrected chi connectivity index (χ4v) is 4.22. The summed E-state index contributed by atoms with van der Waals surface area (Å²) < 4.78 is -0.490. The molecule has 2 heterocycles. The number of thiazole rings is 1. The van der Waals surface area contributed by atoms with Gasteiger partial charge in [0.1, 0.15) is 11.0 Å². The third-order valence-electron chi connectivity index (χ3n) is 4.10. The Balaban J connectivity index is 1.76. The van der Waals surface area contributed by atoms with Gasteiger partial charge in [-0.05, 0) is 19.4 Å². The van der Waals surface area contributed by atoms with Gasteiger partial charge in [0.25, 0.3) is 0 Å². The lowest BCUT2D eigenvalue weighted by Crippen LogP contribution is -2.57. The van der Waals surface area contributed by atoms with Crippen LogP contribution in [0.25, 0.3) is 0 Å². The molecule has 5 nitrogen and oxygen atoms in total. The zero-order valence-electron chi connectivity index (χ0n) is 14.3. The first-order chi connectivity index (χ1) is 12.0. The molecule has 25 heavy (non-hydrogen) atoms. The summed E-state index contributed by atoms with van der Waals surface area (Å²) >= 11 is 3.05. The summed E-state index contributed by atoms with van der Waals surface area (Å²) in [7, 11) is 0. The number of carbonyl (C=O) groups excluding carboxylic acids is 2. The van der Waals surface area contributed by atoms with Gasteiger partial charge < -0.3 is 10.2 Å². The van der Waals surface area contributed by atoms with Crippen molar-refractivity contribution in [2.24, 2.45) is 0 Å². The highest BCUT2D eigenvalue weighted by Crippen LogP contribution is 2.29. The second-order valence-corrected chi connectivity index (χ2v) is 9.07. The monoisotopic (exact) mass is 375 g/mol. The number of amides is 2. The van der Waals surface area contributed by atoms with E-state index in [0.29, 0.717) is 18.8 Å². The van der Waals surface area contributed by atoms with Gasteiger partial charge in [0.15, 0.2) is 0 Å². The molecule has 0 radical (unpaired) electrons. The number of nitrogens with one attached hydrogen (secondary N) is 1. The predicted molar refractivity (Wildman–Crippen MR) is 101 cm³/mol. The van der Waals surface area contributed by atoms with Gasteiger partial charge in [-0.1, -0.05) is 30.3 Å². The van der Waals surface area contributed by atoms with Gasteiger partial charge >= 0.3 is 0 Å². The summed E-state index contributed by atoms with van der Waals surface area (Å²) in [4.78, 5) is 31.3. The second kappa shape index (κ2) is 7.58. The van der Waals surface area contributed by atoms with Gasteiger partial charge in [-0.25, -0.2) is 4.98 Å². The maximum absolute atomic E-state index is 13.1. The van der Waals surface area contributed by atoms with Crippen LogP contribution in [0, 0.1) is 0 Å². The highest BCUT2D eigenvalue weighted by molar-refractivity contribution is 8.01. The molecule has 0 bridgehead atoms. The summed E-state index contributed by atoms with van der Waals surface area (Å²) in [5.74, 6) is 0.437. The van der Waals surface area contributed by atoms with E-state index in [2.05, 4.69) is 10.3 Å². The van der Waals surface area contributed by atoms with E-state index in [4.69, 9.17) is 0 Å². The summed E-state index contributed by atoms with van der Waals surface area (Å²) in [5.41, 5.74) is 1.06. The van der Waals surface area contributed by atoms with Gasteiger partial charge in [-0.15, -0.1) is 23.1 Å². The molecule has 0 spiro atoms. The van der Waals surface area contributed by atoms with Crippen molar-refractivity contribution in [1.82, 2.24) is 15.2 Å². The van der Waals surface area contributed by atoms with Crippen molar-refractivity contribution >= 4 is 34.9 Å². The molecular formula is C18H21N3O2S2. The van der Waals surface area contributed by atoms with Gasteiger partial charge in [-0.2, -0.15) is 0 Å². The molecule has 1 N–H and O–H groups in total. The standard InChI is InChI=1S/C18H21N3O2S2/c1-18(2)17(23)20-14(12-25-18)16(22)21(11-15-19-8-9-24-15)10-13-6-4-3-5-7-13/h3-9,14H,10-12H2,1-2H3,(H,20,23). The summed E-state index contributed by atoms with van der Waals surface area (Å²) in [6, 6.07) is 9.38. The smallest absolute Gasteiger partial charge is 0.246 e. The Hall–Kier alpha value is -1.86. The van der Waals surface area contributed by atoms with E-state index in [1.54, 1.807) is 11.1 Å². The molecular weight excluding hydrogens is 354 g/mol. The Bertz CT molecular complexity index is 732. The number of thioether (sulfide) groups is 1. The molecule has 2 aromatic rings. The van der Waals surface area contributed by atoms with Crippen LogP contribution in [0.2, 0.25) is 0 Å². The number of rotatable bonds is 5. The van der Waals surface area contributed by atoms with E-state index >= 15 is 0 Å². The number of benzene rings is 1. The molecule has 1 fully saturated rings. The average molecular weight is 376 g/mol. The van der Waals surface area contributed by atoms with Crippen molar-refractivity contribution in [2.45, 2.75) is 37.7 Å². The van der Waals surface area contributed by atoms with Crippen molar-refractivity contribution in [2.75, 3.05) is 5.75 Å². The molecule has 0 aliphatic carbocycles. The third kappa shape index (κ3) is 4.41. The second-order valence-electron chi connectivity index (χ2n) is 6.45. The lowest BCUT2D eigenvalue weighted by molar-refractivity contribution is -0.137. The van der Waals surface area contributed by atoms with Crippen molar-refractivity contribution < 1.29 is 9.59 Å². The van der Waals surface area contributed by atoms with Crippen molar-refractivity contribution in [1.29, 1.82) is 0 Å². The number of nitrogens with zero attached hydrogens (tertiary/aromatic N) is 2. The van der Waals surface area contributed by atoms with Crippen LogP contribution in [-0.2, 0) is 22.7 Å². The minimum absolute atomic E-state index is 0.0598. The molecule has 1 aliphatic heterocycles. The Morgan fingerprint density at radius 3 is 2.72 bits per heavy atom. The first-order valence-corrected chi connectivity index (χ1v) is 9.98. The first-order valence-electron chi connectivity index (χ1n) is 8.12. The van der Waals surface area contributed by atoms with Crippen LogP contribution in [0.1, 0.15) is 24.4 Å². The van der Waals surface area contributed by atoms with Crippen LogP contribution in [-0.4, -0.2) is 38.2 Å². The highest BCUT2D eigenvalue weighted by Gasteiger charge is 2.39. The van der Waals surface area contributed by atoms with Crippen LogP contribution in [0.15, 0.2) is 41.9 Å². The van der Waals surface area contributed by atoms with E-state index in [-0.39, 0.29) is 11.8 Å². The zero-order chi connectivity index (χ0) is 17.9. The molecule has 1 unspecified atom stereocenters. The lowest BCUT2D eigenvalue weighted by Gasteiger charge is -2.35. The number of aromatic nitrogens is 1. The van der Waals surface area contributed by atoms with E-state index in [0.717, 1.165) is 10.6 Å². The number of hydrogen-bond donors (Lipinski definition) is 1. The van der Waals surface area contributed by atoms with Crippen LogP contribution >= 0.6 is 23.1 Å². The van der Waals surface area contributed by atoms with Gasteiger partial charge in [0.05, 0.1) is 11.3 Å². The molecule has 1 aromatic heterocycles. The SMILES string of the molecule is CC1(C)SCC(C(=O)N(Cc2ccccc2)Cc2nccs2)NC1=O. The fourth-order valence-electron chi connectivity index (χ4n) is 2.59. The lowest BCUT2D eigenvalue weighted by atomic mass is 10.1. The third-order valence-corrected chi connectivity index (χ3v) is 6.27. The van der Waals surface area contributed by atoms with Gasteiger partial charge in [0.2, 0.25) is 11.8 Å². The zero-order valence-corrected chi connectivity index (χ0v) is 15.9. The normalized spacial score (nSPS) is 19.3. The maximum Gasteiger partial charge on any atom is 0.246 e. The summed E-state index contributed by atoms with van der Waals surface area (Å²) in [6.45, 7) is 4.71. The molecule has 3 rings (SSSR count). The van der Waals surface area contributed by atoms with Crippen LogP contribution < -0.4 is 5.32 Å². The maximum atomic E-state index is 13.1. The summed E-state index contributed by atoms with van der Waals surface area (Å²) in [6.07, 6.45) is 1.74. The van der Waals surface area contributed by atoms with E-state index < -0.39 is 10.8 Å². The fraction of sp³-hybridized carbons (Fsp3) is 0.389. The van der Waals surface area contributed by atoms with E-state index in [1.165, 1.54) is 23.1 Å². The molecule has 0 saturated carbocycles. The molecule has 1 atom stereocenters. The van der Waals surface area contributed by atoms with Crippen molar-refractivity contribution in [3.8, 4) is 0 Å². The molecule has 132 valence electrons. The largest absolute Gasteiger partial charge is 0.342 e. The van der Waals surface area contributed by atoms with Crippen LogP contribution in [0.3, 0.4) is 0 Å². The topological polar surface area (TPSA) is 62.3 Å². The highest BCUT2D eigenvalue weighted by atomic mass is 32.2. The Morgan fingerprint density at radius 2 is 2.08 bits per heavy atom. The van der Waals surface area contributed by atoms with Crippen molar-refractivity contribution in [3.63, 3.8) is 0 Å². The Morgan fingerprint density at radius 1 is 1.32 bits per heavy atom.